The van der Waals surface area contributed by atoms with Crippen LogP contribution < -0.4 is 5.43 Å². The number of hydrogen-bond donors (Lipinski definition) is 2. The highest BCUT2D eigenvalue weighted by Gasteiger charge is 2.20. The third-order valence-corrected chi connectivity index (χ3v) is 4.15. The SMILES string of the molecule is CC(=NNc1c(Cl)c(Cl)nc(C(=O)O)c1Cl)c1ccc(C)cc1. The maximum absolute atomic E-state index is 11.1. The van der Waals surface area contributed by atoms with Gasteiger partial charge in [-0.1, -0.05) is 64.6 Å². The largest absolute Gasteiger partial charge is 0.476 e. The fourth-order valence-corrected chi connectivity index (χ4v) is 2.42. The number of aryl methyl sites for hydroxylation is 1. The van der Waals surface area contributed by atoms with Crippen LogP contribution in [-0.4, -0.2) is 21.8 Å². The van der Waals surface area contributed by atoms with Gasteiger partial charge in [-0.05, 0) is 19.4 Å². The number of benzene rings is 1. The minimum absolute atomic E-state index is 0.00197. The van der Waals surface area contributed by atoms with Gasteiger partial charge in [-0.2, -0.15) is 5.10 Å². The molecule has 0 bridgehead atoms. The molecule has 8 heteroatoms. The molecule has 1 aromatic carbocycles. The van der Waals surface area contributed by atoms with Crippen LogP contribution in [0.4, 0.5) is 5.69 Å². The van der Waals surface area contributed by atoms with Crippen LogP contribution in [-0.2, 0) is 0 Å². The van der Waals surface area contributed by atoms with E-state index in [4.69, 9.17) is 39.9 Å². The van der Waals surface area contributed by atoms with Gasteiger partial charge in [0.25, 0.3) is 0 Å². The molecule has 0 saturated carbocycles. The molecule has 120 valence electrons. The molecule has 0 saturated heterocycles. The quantitative estimate of drug-likeness (QED) is 0.455. The Morgan fingerprint density at radius 1 is 1.17 bits per heavy atom. The second-order valence-electron chi connectivity index (χ2n) is 4.73. The van der Waals surface area contributed by atoms with Gasteiger partial charge in [0.1, 0.15) is 10.0 Å². The minimum atomic E-state index is -1.31. The number of carboxylic acid groups (broad SMARTS) is 1. The van der Waals surface area contributed by atoms with E-state index in [2.05, 4.69) is 15.5 Å². The number of carbonyl (C=O) groups is 1. The van der Waals surface area contributed by atoms with Crippen LogP contribution in [0.3, 0.4) is 0 Å². The number of halogens is 3. The minimum Gasteiger partial charge on any atom is -0.476 e. The Morgan fingerprint density at radius 3 is 2.35 bits per heavy atom. The normalized spacial score (nSPS) is 11.4. The molecule has 2 aromatic rings. The summed E-state index contributed by atoms with van der Waals surface area (Å²) in [7, 11) is 0. The number of carboxylic acids is 1. The van der Waals surface area contributed by atoms with Gasteiger partial charge in [0.05, 0.1) is 11.4 Å². The number of rotatable bonds is 4. The molecule has 0 atom stereocenters. The second-order valence-corrected chi connectivity index (χ2v) is 5.85. The monoisotopic (exact) mass is 371 g/mol. The average molecular weight is 373 g/mol. The van der Waals surface area contributed by atoms with Crippen LogP contribution >= 0.6 is 34.8 Å². The summed E-state index contributed by atoms with van der Waals surface area (Å²) in [5, 5.41) is 12.9. The van der Waals surface area contributed by atoms with E-state index in [0.717, 1.165) is 11.1 Å². The molecular formula is C15H12Cl3N3O2. The Kier molecular flexibility index (Phi) is 5.46. The lowest BCUT2D eigenvalue weighted by Crippen LogP contribution is -2.06. The van der Waals surface area contributed by atoms with E-state index in [1.165, 1.54) is 0 Å². The van der Waals surface area contributed by atoms with E-state index < -0.39 is 11.7 Å². The summed E-state index contributed by atoms with van der Waals surface area (Å²) in [6, 6.07) is 7.75. The van der Waals surface area contributed by atoms with Crippen molar-refractivity contribution in [2.24, 2.45) is 5.10 Å². The summed E-state index contributed by atoms with van der Waals surface area (Å²) in [6.45, 7) is 3.78. The second kappa shape index (κ2) is 7.17. The Balaban J connectivity index is 2.38. The molecule has 1 aromatic heterocycles. The van der Waals surface area contributed by atoms with Crippen LogP contribution in [0.1, 0.15) is 28.5 Å². The smallest absolute Gasteiger partial charge is 0.356 e. The Hall–Kier alpha value is -1.82. The van der Waals surface area contributed by atoms with Crippen molar-refractivity contribution in [3.8, 4) is 0 Å². The summed E-state index contributed by atoms with van der Waals surface area (Å²) in [4.78, 5) is 14.8. The van der Waals surface area contributed by atoms with E-state index >= 15 is 0 Å². The zero-order valence-corrected chi connectivity index (χ0v) is 14.5. The van der Waals surface area contributed by atoms with Crippen LogP contribution in [0.5, 0.6) is 0 Å². The Bertz CT molecular complexity index is 790. The summed E-state index contributed by atoms with van der Waals surface area (Å²) < 4.78 is 0. The van der Waals surface area contributed by atoms with Gasteiger partial charge in [0.15, 0.2) is 10.8 Å². The summed E-state index contributed by atoms with van der Waals surface area (Å²) >= 11 is 17.9. The molecule has 1 heterocycles. The molecule has 0 aliphatic heterocycles. The highest BCUT2D eigenvalue weighted by atomic mass is 35.5. The molecule has 23 heavy (non-hydrogen) atoms. The Morgan fingerprint density at radius 2 is 1.78 bits per heavy atom. The van der Waals surface area contributed by atoms with Crippen molar-refractivity contribution in [3.63, 3.8) is 0 Å². The lowest BCUT2D eigenvalue weighted by Gasteiger charge is -2.10. The number of hydrogen-bond acceptors (Lipinski definition) is 4. The van der Waals surface area contributed by atoms with E-state index in [1.54, 1.807) is 6.92 Å². The highest BCUT2D eigenvalue weighted by Crippen LogP contribution is 2.36. The van der Waals surface area contributed by atoms with Crippen molar-refractivity contribution < 1.29 is 9.90 Å². The summed E-state index contributed by atoms with van der Waals surface area (Å²) in [5.74, 6) is -1.31. The molecule has 5 nitrogen and oxygen atoms in total. The van der Waals surface area contributed by atoms with Crippen LogP contribution in [0.25, 0.3) is 0 Å². The Labute approximate surface area is 147 Å². The molecule has 2 rings (SSSR count). The number of nitrogens with one attached hydrogen (secondary N) is 1. The highest BCUT2D eigenvalue weighted by molar-refractivity contribution is 6.46. The number of hydrazone groups is 1. The van der Waals surface area contributed by atoms with Crippen molar-refractivity contribution in [2.75, 3.05) is 5.43 Å². The molecule has 2 N–H and O–H groups in total. The van der Waals surface area contributed by atoms with E-state index in [1.807, 2.05) is 31.2 Å². The first-order valence-corrected chi connectivity index (χ1v) is 7.59. The van der Waals surface area contributed by atoms with Crippen LogP contribution in [0, 0.1) is 6.92 Å². The van der Waals surface area contributed by atoms with Crippen molar-refractivity contribution >= 4 is 52.2 Å². The van der Waals surface area contributed by atoms with Gasteiger partial charge in [-0.25, -0.2) is 9.78 Å². The molecule has 0 aliphatic rings. The zero-order chi connectivity index (χ0) is 17.1. The molecular weight excluding hydrogens is 361 g/mol. The van der Waals surface area contributed by atoms with Gasteiger partial charge < -0.3 is 5.11 Å². The van der Waals surface area contributed by atoms with Gasteiger partial charge in [-0.15, -0.1) is 0 Å². The predicted molar refractivity (Wildman–Crippen MR) is 93.2 cm³/mol. The standard InChI is InChI=1S/C15H12Cl3N3O2/c1-7-3-5-9(6-4-7)8(2)20-21-12-10(16)13(15(22)23)19-14(18)11(12)17/h3-6H,1-2H3,(H,19,21)(H,22,23). The molecule has 0 unspecified atom stereocenters. The van der Waals surface area contributed by atoms with Gasteiger partial charge in [0, 0.05) is 0 Å². The molecule has 0 spiro atoms. The number of pyridine rings is 1. The molecule has 0 aliphatic carbocycles. The predicted octanol–water partition coefficient (Wildman–Crippen LogP) is 4.88. The molecule has 0 amide bonds. The number of nitrogens with zero attached hydrogens (tertiary/aromatic N) is 2. The van der Waals surface area contributed by atoms with E-state index in [0.29, 0.717) is 5.71 Å². The first kappa shape index (κ1) is 17.5. The van der Waals surface area contributed by atoms with Crippen LogP contribution in [0.2, 0.25) is 15.2 Å². The molecule has 0 fully saturated rings. The van der Waals surface area contributed by atoms with Crippen molar-refractivity contribution in [1.82, 2.24) is 4.98 Å². The number of aromatic nitrogens is 1. The van der Waals surface area contributed by atoms with E-state index in [9.17, 15) is 4.79 Å². The van der Waals surface area contributed by atoms with E-state index in [-0.39, 0.29) is 20.9 Å². The van der Waals surface area contributed by atoms with Crippen molar-refractivity contribution in [1.29, 1.82) is 0 Å². The number of aromatic carboxylic acids is 1. The lowest BCUT2D eigenvalue weighted by molar-refractivity contribution is 0.0691. The summed E-state index contributed by atoms with van der Waals surface area (Å²) in [6.07, 6.45) is 0. The average Bonchev–Trinajstić information content (AvgIpc) is 2.51. The third kappa shape index (κ3) is 3.93. The maximum atomic E-state index is 11.1. The molecule has 0 radical (unpaired) electrons. The lowest BCUT2D eigenvalue weighted by atomic mass is 10.1. The van der Waals surface area contributed by atoms with Crippen molar-refractivity contribution in [3.05, 3.63) is 56.3 Å². The van der Waals surface area contributed by atoms with Crippen LogP contribution in [0.15, 0.2) is 29.4 Å². The maximum Gasteiger partial charge on any atom is 0.356 e. The fourth-order valence-electron chi connectivity index (χ4n) is 1.75. The number of anilines is 1. The zero-order valence-electron chi connectivity index (χ0n) is 12.2. The summed E-state index contributed by atoms with van der Waals surface area (Å²) in [5.41, 5.74) is 5.06. The third-order valence-electron chi connectivity index (χ3n) is 3.05. The topological polar surface area (TPSA) is 74.6 Å². The van der Waals surface area contributed by atoms with Gasteiger partial charge in [0.2, 0.25) is 0 Å². The first-order chi connectivity index (χ1) is 10.8. The first-order valence-electron chi connectivity index (χ1n) is 6.46. The fraction of sp³-hybridized carbons (Fsp3) is 0.133. The van der Waals surface area contributed by atoms with Crippen molar-refractivity contribution in [2.45, 2.75) is 13.8 Å². The van der Waals surface area contributed by atoms with Gasteiger partial charge >= 0.3 is 5.97 Å². The van der Waals surface area contributed by atoms with Gasteiger partial charge in [-0.3, -0.25) is 5.43 Å².